The maximum atomic E-state index is 11.9. The minimum absolute atomic E-state index is 0.00464. The van der Waals surface area contributed by atoms with Crippen LogP contribution in [0, 0.1) is 0 Å². The van der Waals surface area contributed by atoms with E-state index in [-0.39, 0.29) is 11.3 Å². The van der Waals surface area contributed by atoms with Crippen LogP contribution in [0.25, 0.3) is 0 Å². The van der Waals surface area contributed by atoms with Crippen LogP contribution in [0.3, 0.4) is 0 Å². The highest BCUT2D eigenvalue weighted by Crippen LogP contribution is 2.24. The highest BCUT2D eigenvalue weighted by atomic mass is 19.4. The SMILES string of the molecule is O=Cc1cc(CN2CCOCC2)ccc1OOC(F)(F)F. The molecule has 116 valence electrons. The normalized spacial score (nSPS) is 16.7. The van der Waals surface area contributed by atoms with Gasteiger partial charge in [0.2, 0.25) is 0 Å². The van der Waals surface area contributed by atoms with Crippen LogP contribution in [0.4, 0.5) is 13.2 Å². The fourth-order valence-corrected chi connectivity index (χ4v) is 1.97. The number of hydrogen-bond donors (Lipinski definition) is 0. The summed E-state index contributed by atoms with van der Waals surface area (Å²) in [6.07, 6.45) is -4.50. The molecule has 1 heterocycles. The summed E-state index contributed by atoms with van der Waals surface area (Å²) < 4.78 is 41.0. The summed E-state index contributed by atoms with van der Waals surface area (Å²) in [5, 5.41) is 0. The molecule has 1 saturated heterocycles. The van der Waals surface area contributed by atoms with E-state index in [0.29, 0.717) is 26.0 Å². The molecule has 1 aromatic carbocycles. The first-order valence-corrected chi connectivity index (χ1v) is 6.28. The van der Waals surface area contributed by atoms with Gasteiger partial charge in [0, 0.05) is 19.6 Å². The van der Waals surface area contributed by atoms with Crippen LogP contribution in [0.15, 0.2) is 18.2 Å². The van der Waals surface area contributed by atoms with E-state index in [4.69, 9.17) is 4.74 Å². The van der Waals surface area contributed by atoms with Crippen LogP contribution in [0.2, 0.25) is 0 Å². The fourth-order valence-electron chi connectivity index (χ4n) is 1.97. The van der Waals surface area contributed by atoms with Crippen molar-refractivity contribution in [3.8, 4) is 5.75 Å². The van der Waals surface area contributed by atoms with Gasteiger partial charge >= 0.3 is 6.36 Å². The summed E-state index contributed by atoms with van der Waals surface area (Å²) in [5.74, 6) is -0.270. The number of benzene rings is 1. The van der Waals surface area contributed by atoms with E-state index in [1.807, 2.05) is 0 Å². The number of hydrogen-bond acceptors (Lipinski definition) is 5. The molecule has 0 amide bonds. The van der Waals surface area contributed by atoms with Gasteiger partial charge in [-0.05, 0) is 17.7 Å². The Kier molecular flexibility index (Phi) is 5.16. The molecule has 1 aliphatic rings. The lowest BCUT2D eigenvalue weighted by Crippen LogP contribution is -2.35. The average Bonchev–Trinajstić information content (AvgIpc) is 2.46. The van der Waals surface area contributed by atoms with Gasteiger partial charge in [-0.2, -0.15) is 0 Å². The molecular formula is C13H14F3NO4. The molecule has 1 aliphatic heterocycles. The largest absolute Gasteiger partial charge is 0.558 e. The first kappa shape index (κ1) is 15.7. The molecule has 0 radical (unpaired) electrons. The first-order valence-electron chi connectivity index (χ1n) is 6.28. The molecule has 0 spiro atoms. The van der Waals surface area contributed by atoms with E-state index in [9.17, 15) is 18.0 Å². The number of rotatable bonds is 5. The van der Waals surface area contributed by atoms with Crippen LogP contribution in [-0.2, 0) is 16.2 Å². The van der Waals surface area contributed by atoms with Gasteiger partial charge in [0.25, 0.3) is 0 Å². The predicted molar refractivity (Wildman–Crippen MR) is 65.7 cm³/mol. The van der Waals surface area contributed by atoms with Crippen molar-refractivity contribution < 1.29 is 32.5 Å². The fraction of sp³-hybridized carbons (Fsp3) is 0.462. The Morgan fingerprint density at radius 3 is 2.62 bits per heavy atom. The number of carbonyl (C=O) groups excluding carboxylic acids is 1. The van der Waals surface area contributed by atoms with Gasteiger partial charge in [0.05, 0.1) is 18.8 Å². The molecule has 8 heteroatoms. The van der Waals surface area contributed by atoms with Crippen LogP contribution >= 0.6 is 0 Å². The maximum Gasteiger partial charge on any atom is 0.558 e. The zero-order chi connectivity index (χ0) is 15.3. The highest BCUT2D eigenvalue weighted by molar-refractivity contribution is 5.79. The summed E-state index contributed by atoms with van der Waals surface area (Å²) in [5.41, 5.74) is 0.809. The number of carbonyl (C=O) groups is 1. The number of morpholine rings is 1. The number of halogens is 3. The molecule has 21 heavy (non-hydrogen) atoms. The second-order valence-electron chi connectivity index (χ2n) is 4.49. The topological polar surface area (TPSA) is 48.0 Å². The molecule has 1 aromatic rings. The summed E-state index contributed by atoms with van der Waals surface area (Å²) in [7, 11) is 0. The van der Waals surface area contributed by atoms with E-state index < -0.39 is 6.36 Å². The molecule has 0 saturated carbocycles. The standard InChI is InChI=1S/C13H14F3NO4/c14-13(15,16)21-20-12-2-1-10(7-11(12)9-18)8-17-3-5-19-6-4-17/h1-2,7,9H,3-6,8H2. The minimum atomic E-state index is -4.92. The van der Waals surface area contributed by atoms with E-state index in [1.54, 1.807) is 6.07 Å². The monoisotopic (exact) mass is 305 g/mol. The van der Waals surface area contributed by atoms with Gasteiger partial charge in [-0.15, -0.1) is 13.2 Å². The van der Waals surface area contributed by atoms with Gasteiger partial charge in [-0.1, -0.05) is 11.0 Å². The maximum absolute atomic E-state index is 11.9. The van der Waals surface area contributed by atoms with Crippen molar-refractivity contribution in [1.82, 2.24) is 4.90 Å². The van der Waals surface area contributed by atoms with Crippen molar-refractivity contribution in [3.05, 3.63) is 29.3 Å². The lowest BCUT2D eigenvalue weighted by Gasteiger charge is -2.26. The van der Waals surface area contributed by atoms with Crippen molar-refractivity contribution in [2.75, 3.05) is 26.3 Å². The van der Waals surface area contributed by atoms with E-state index in [2.05, 4.69) is 14.7 Å². The third-order valence-corrected chi connectivity index (χ3v) is 2.94. The Bertz CT molecular complexity index is 487. The lowest BCUT2D eigenvalue weighted by molar-refractivity contribution is -0.444. The zero-order valence-corrected chi connectivity index (χ0v) is 11.1. The summed E-state index contributed by atoms with van der Waals surface area (Å²) in [6.45, 7) is 3.41. The van der Waals surface area contributed by atoms with Gasteiger partial charge in [0.15, 0.2) is 12.0 Å². The smallest absolute Gasteiger partial charge is 0.379 e. The number of nitrogens with zero attached hydrogens (tertiary/aromatic N) is 1. The molecule has 0 aliphatic carbocycles. The molecule has 1 fully saturated rings. The Morgan fingerprint density at radius 1 is 1.29 bits per heavy atom. The van der Waals surface area contributed by atoms with Crippen LogP contribution in [0.5, 0.6) is 5.75 Å². The van der Waals surface area contributed by atoms with E-state index in [1.165, 1.54) is 12.1 Å². The Balaban J connectivity index is 2.03. The van der Waals surface area contributed by atoms with Gasteiger partial charge in [-0.25, -0.2) is 0 Å². The van der Waals surface area contributed by atoms with Gasteiger partial charge in [0.1, 0.15) is 0 Å². The second kappa shape index (κ2) is 6.88. The zero-order valence-electron chi connectivity index (χ0n) is 11.1. The van der Waals surface area contributed by atoms with E-state index >= 15 is 0 Å². The highest BCUT2D eigenvalue weighted by Gasteiger charge is 2.32. The van der Waals surface area contributed by atoms with Gasteiger partial charge < -0.3 is 9.62 Å². The summed E-state index contributed by atoms with van der Waals surface area (Å²) in [6, 6.07) is 4.36. The van der Waals surface area contributed by atoms with Crippen LogP contribution < -0.4 is 4.89 Å². The number of alkyl halides is 3. The van der Waals surface area contributed by atoms with Crippen molar-refractivity contribution in [1.29, 1.82) is 0 Å². The van der Waals surface area contributed by atoms with Crippen molar-refractivity contribution in [2.45, 2.75) is 12.9 Å². The number of ether oxygens (including phenoxy) is 1. The number of aldehydes is 1. The summed E-state index contributed by atoms with van der Waals surface area (Å²) >= 11 is 0. The summed E-state index contributed by atoms with van der Waals surface area (Å²) in [4.78, 5) is 20.5. The van der Waals surface area contributed by atoms with Crippen LogP contribution in [-0.4, -0.2) is 43.9 Å². The quantitative estimate of drug-likeness (QED) is 0.474. The minimum Gasteiger partial charge on any atom is -0.379 e. The molecule has 0 atom stereocenters. The molecule has 0 N–H and O–H groups in total. The Hall–Kier alpha value is -1.64. The molecular weight excluding hydrogens is 291 g/mol. The Labute approximate surface area is 119 Å². The molecule has 2 rings (SSSR count). The molecule has 5 nitrogen and oxygen atoms in total. The molecule has 0 unspecified atom stereocenters. The molecule has 0 aromatic heterocycles. The average molecular weight is 305 g/mol. The van der Waals surface area contributed by atoms with Crippen molar-refractivity contribution in [3.63, 3.8) is 0 Å². The lowest BCUT2D eigenvalue weighted by atomic mass is 10.1. The second-order valence-corrected chi connectivity index (χ2v) is 4.49. The predicted octanol–water partition coefficient (Wildman–Crippen LogP) is 2.16. The van der Waals surface area contributed by atoms with Gasteiger partial charge in [-0.3, -0.25) is 9.69 Å². The van der Waals surface area contributed by atoms with E-state index in [0.717, 1.165) is 18.7 Å². The van der Waals surface area contributed by atoms with Crippen molar-refractivity contribution >= 4 is 6.29 Å². The third kappa shape index (κ3) is 5.00. The molecule has 0 bridgehead atoms. The third-order valence-electron chi connectivity index (χ3n) is 2.94. The Morgan fingerprint density at radius 2 is 2.00 bits per heavy atom. The van der Waals surface area contributed by atoms with Crippen LogP contribution in [0.1, 0.15) is 15.9 Å². The first-order chi connectivity index (χ1) is 9.98. The van der Waals surface area contributed by atoms with Crippen molar-refractivity contribution in [2.24, 2.45) is 0 Å².